The number of nitriles is 2. The third-order valence-electron chi connectivity index (χ3n) is 3.62. The minimum atomic E-state index is 0.615. The fourth-order valence-electron chi connectivity index (χ4n) is 2.40. The Hall–Kier alpha value is -2.45. The standard InChI is InChI=1S/C18H18IN5/c1-22(2)17-7-5-15(9-13(17)11-20)24(19)16-6-8-18(23(3)4)14(10-16)12-21/h5-10H,1-4H3. The van der Waals surface area contributed by atoms with Gasteiger partial charge < -0.3 is 9.80 Å². The number of halogens is 1. The highest BCUT2D eigenvalue weighted by atomic mass is 127. The summed E-state index contributed by atoms with van der Waals surface area (Å²) in [4.78, 5) is 3.83. The zero-order valence-corrected chi connectivity index (χ0v) is 16.2. The van der Waals surface area contributed by atoms with Crippen LogP contribution in [0, 0.1) is 22.7 Å². The van der Waals surface area contributed by atoms with Crippen molar-refractivity contribution < 1.29 is 0 Å². The topological polar surface area (TPSA) is 57.3 Å². The summed E-state index contributed by atoms with van der Waals surface area (Å²) in [5, 5.41) is 18.8. The van der Waals surface area contributed by atoms with Crippen LogP contribution < -0.4 is 12.9 Å². The number of anilines is 4. The first-order valence-electron chi connectivity index (χ1n) is 7.28. The van der Waals surface area contributed by atoms with Crippen LogP contribution in [0.15, 0.2) is 36.4 Å². The molecule has 0 aliphatic heterocycles. The predicted octanol–water partition coefficient (Wildman–Crippen LogP) is 4.05. The molecule has 2 rings (SSSR count). The van der Waals surface area contributed by atoms with Crippen molar-refractivity contribution in [1.82, 2.24) is 0 Å². The molecule has 0 radical (unpaired) electrons. The van der Waals surface area contributed by atoms with Crippen LogP contribution in [-0.4, -0.2) is 28.2 Å². The maximum absolute atomic E-state index is 9.38. The minimum absolute atomic E-state index is 0.615. The van der Waals surface area contributed by atoms with E-state index in [-0.39, 0.29) is 0 Å². The van der Waals surface area contributed by atoms with Crippen LogP contribution >= 0.6 is 22.9 Å². The van der Waals surface area contributed by atoms with E-state index in [1.165, 1.54) is 0 Å². The quantitative estimate of drug-likeness (QED) is 0.540. The summed E-state index contributed by atoms with van der Waals surface area (Å²) in [5.41, 5.74) is 4.77. The highest BCUT2D eigenvalue weighted by Gasteiger charge is 2.13. The minimum Gasteiger partial charge on any atom is -0.377 e. The average Bonchev–Trinajstić information content (AvgIpc) is 2.59. The second kappa shape index (κ2) is 7.41. The van der Waals surface area contributed by atoms with Crippen molar-refractivity contribution in [3.05, 3.63) is 47.5 Å². The highest BCUT2D eigenvalue weighted by molar-refractivity contribution is 14.1. The second-order valence-electron chi connectivity index (χ2n) is 5.70. The molecule has 0 atom stereocenters. The molecule has 0 N–H and O–H groups in total. The van der Waals surface area contributed by atoms with Gasteiger partial charge in [0.25, 0.3) is 0 Å². The molecule has 0 aliphatic rings. The molecule has 0 heterocycles. The average molecular weight is 431 g/mol. The van der Waals surface area contributed by atoms with E-state index in [2.05, 4.69) is 35.0 Å². The Kier molecular flexibility index (Phi) is 5.53. The van der Waals surface area contributed by atoms with Gasteiger partial charge in [-0.3, -0.25) is 3.11 Å². The normalized spacial score (nSPS) is 9.79. The Morgan fingerprint density at radius 1 is 0.750 bits per heavy atom. The summed E-state index contributed by atoms with van der Waals surface area (Å²) in [5.74, 6) is 0. The zero-order valence-electron chi connectivity index (χ0n) is 14.1. The van der Waals surface area contributed by atoms with Crippen LogP contribution in [0.5, 0.6) is 0 Å². The largest absolute Gasteiger partial charge is 0.377 e. The summed E-state index contributed by atoms with van der Waals surface area (Å²) in [6, 6.07) is 16.0. The Bertz CT molecular complexity index is 761. The molecule has 0 aliphatic carbocycles. The number of rotatable bonds is 4. The zero-order chi connectivity index (χ0) is 17.9. The molecule has 122 valence electrons. The van der Waals surface area contributed by atoms with Crippen molar-refractivity contribution in [3.8, 4) is 12.1 Å². The number of nitrogens with zero attached hydrogens (tertiary/aromatic N) is 5. The molecule has 0 saturated carbocycles. The first-order valence-corrected chi connectivity index (χ1v) is 8.24. The molecule has 2 aromatic carbocycles. The fraction of sp³-hybridized carbons (Fsp3) is 0.222. The lowest BCUT2D eigenvalue weighted by Crippen LogP contribution is -2.12. The van der Waals surface area contributed by atoms with Gasteiger partial charge in [-0.05, 0) is 36.4 Å². The molecule has 0 fully saturated rings. The van der Waals surface area contributed by atoms with Gasteiger partial charge in [0.2, 0.25) is 0 Å². The summed E-state index contributed by atoms with van der Waals surface area (Å²) in [6.07, 6.45) is 0. The van der Waals surface area contributed by atoms with Gasteiger partial charge in [-0.2, -0.15) is 10.5 Å². The highest BCUT2D eigenvalue weighted by Crippen LogP contribution is 2.34. The van der Waals surface area contributed by atoms with Gasteiger partial charge in [0.15, 0.2) is 0 Å². The van der Waals surface area contributed by atoms with E-state index in [0.717, 1.165) is 22.7 Å². The third-order valence-corrected chi connectivity index (χ3v) is 4.73. The van der Waals surface area contributed by atoms with Crippen LogP contribution in [-0.2, 0) is 0 Å². The van der Waals surface area contributed by atoms with Gasteiger partial charge >= 0.3 is 0 Å². The van der Waals surface area contributed by atoms with Gasteiger partial charge in [-0.1, -0.05) is 0 Å². The van der Waals surface area contributed by atoms with E-state index in [4.69, 9.17) is 0 Å². The van der Waals surface area contributed by atoms with E-state index in [9.17, 15) is 10.5 Å². The molecule has 0 amide bonds. The Balaban J connectivity index is 2.44. The van der Waals surface area contributed by atoms with Crippen molar-refractivity contribution in [1.29, 1.82) is 10.5 Å². The lowest BCUT2D eigenvalue weighted by atomic mass is 10.1. The summed E-state index contributed by atoms with van der Waals surface area (Å²) >= 11 is 2.18. The third kappa shape index (κ3) is 3.55. The van der Waals surface area contributed by atoms with Crippen molar-refractivity contribution in [3.63, 3.8) is 0 Å². The molecular formula is C18H18IN5. The maximum atomic E-state index is 9.38. The van der Waals surface area contributed by atoms with E-state index >= 15 is 0 Å². The molecule has 0 unspecified atom stereocenters. The second-order valence-corrected chi connectivity index (χ2v) is 6.66. The molecule has 24 heavy (non-hydrogen) atoms. The summed E-state index contributed by atoms with van der Waals surface area (Å²) in [7, 11) is 7.65. The van der Waals surface area contributed by atoms with Crippen molar-refractivity contribution in [2.75, 3.05) is 41.1 Å². The predicted molar refractivity (Wildman–Crippen MR) is 107 cm³/mol. The molecule has 5 nitrogen and oxygen atoms in total. The summed E-state index contributed by atoms with van der Waals surface area (Å²) < 4.78 is 1.94. The summed E-state index contributed by atoms with van der Waals surface area (Å²) in [6.45, 7) is 0. The molecular weight excluding hydrogens is 413 g/mol. The lowest BCUT2D eigenvalue weighted by Gasteiger charge is -2.21. The molecule has 0 saturated heterocycles. The SMILES string of the molecule is CN(C)c1ccc(N(I)c2ccc(N(C)C)c(C#N)c2)cc1C#N. The van der Waals surface area contributed by atoms with E-state index < -0.39 is 0 Å². The van der Waals surface area contributed by atoms with Gasteiger partial charge in [-0.15, -0.1) is 0 Å². The molecule has 2 aromatic rings. The number of hydrogen-bond donors (Lipinski definition) is 0. The number of benzene rings is 2. The number of hydrogen-bond acceptors (Lipinski definition) is 5. The van der Waals surface area contributed by atoms with E-state index in [1.54, 1.807) is 0 Å². The molecule has 0 bridgehead atoms. The lowest BCUT2D eigenvalue weighted by molar-refractivity contribution is 1.12. The molecule has 0 aromatic heterocycles. The molecule has 6 heteroatoms. The van der Waals surface area contributed by atoms with Crippen molar-refractivity contribution in [2.24, 2.45) is 0 Å². The van der Waals surface area contributed by atoms with Crippen LogP contribution in [0.25, 0.3) is 0 Å². The van der Waals surface area contributed by atoms with Crippen molar-refractivity contribution >= 4 is 45.6 Å². The Morgan fingerprint density at radius 3 is 1.42 bits per heavy atom. The van der Waals surface area contributed by atoms with Gasteiger partial charge in [-0.25, -0.2) is 0 Å². The monoisotopic (exact) mass is 431 g/mol. The van der Waals surface area contributed by atoms with Crippen LogP contribution in [0.3, 0.4) is 0 Å². The Labute approximate surface area is 156 Å². The van der Waals surface area contributed by atoms with E-state index in [1.807, 2.05) is 77.5 Å². The van der Waals surface area contributed by atoms with Gasteiger partial charge in [0, 0.05) is 28.2 Å². The smallest absolute Gasteiger partial charge is 0.101 e. The van der Waals surface area contributed by atoms with Gasteiger partial charge in [0.05, 0.1) is 56.7 Å². The van der Waals surface area contributed by atoms with Crippen LogP contribution in [0.1, 0.15) is 11.1 Å². The first-order chi connectivity index (χ1) is 11.4. The first kappa shape index (κ1) is 17.9. The fourth-order valence-corrected chi connectivity index (χ4v) is 3.00. The van der Waals surface area contributed by atoms with Crippen LogP contribution in [0.2, 0.25) is 0 Å². The van der Waals surface area contributed by atoms with Crippen LogP contribution in [0.4, 0.5) is 22.7 Å². The van der Waals surface area contributed by atoms with Gasteiger partial charge in [0.1, 0.15) is 12.1 Å². The Morgan fingerprint density at radius 2 is 1.12 bits per heavy atom. The molecule has 0 spiro atoms. The van der Waals surface area contributed by atoms with E-state index in [0.29, 0.717) is 11.1 Å². The van der Waals surface area contributed by atoms with Crippen molar-refractivity contribution in [2.45, 2.75) is 0 Å². The maximum Gasteiger partial charge on any atom is 0.101 e.